The van der Waals surface area contributed by atoms with Crippen molar-refractivity contribution in [1.82, 2.24) is 14.5 Å². The van der Waals surface area contributed by atoms with Crippen LogP contribution in [-0.4, -0.2) is 14.5 Å². The van der Waals surface area contributed by atoms with Crippen molar-refractivity contribution in [3.8, 4) is 61.8 Å². The van der Waals surface area contributed by atoms with Gasteiger partial charge in [-0.1, -0.05) is 158 Å². The number of thiophene rings is 1. The zero-order valence-electron chi connectivity index (χ0n) is 30.3. The Balaban J connectivity index is 1.11. The fourth-order valence-electron chi connectivity index (χ4n) is 7.52. The lowest BCUT2D eigenvalue weighted by atomic mass is 10.0. The van der Waals surface area contributed by atoms with E-state index < -0.39 is 0 Å². The van der Waals surface area contributed by atoms with E-state index in [4.69, 9.17) is 15.7 Å². The molecule has 6 heteroatoms. The van der Waals surface area contributed by atoms with E-state index in [1.165, 1.54) is 42.2 Å². The lowest BCUT2D eigenvalue weighted by Crippen LogP contribution is -2.03. The van der Waals surface area contributed by atoms with Gasteiger partial charge in [-0.3, -0.25) is 0 Å². The molecular formula is C50H35N4PS. The third-order valence-electron chi connectivity index (χ3n) is 10.2. The molecule has 3 aromatic heterocycles. The van der Waals surface area contributed by atoms with Gasteiger partial charge in [-0.05, 0) is 61.4 Å². The summed E-state index contributed by atoms with van der Waals surface area (Å²) in [5.41, 5.74) is 19.2. The third-order valence-corrected chi connectivity index (χ3v) is 12.9. The van der Waals surface area contributed by atoms with Gasteiger partial charge >= 0.3 is 0 Å². The average molecular weight is 755 g/mol. The topological polar surface area (TPSA) is 56.7 Å². The monoisotopic (exact) mass is 754 g/mol. The maximum absolute atomic E-state index is 6.72. The highest BCUT2D eigenvalue weighted by Crippen LogP contribution is 2.45. The van der Waals surface area contributed by atoms with Crippen LogP contribution in [0.1, 0.15) is 0 Å². The van der Waals surface area contributed by atoms with Crippen molar-refractivity contribution in [2.75, 3.05) is 5.73 Å². The molecule has 0 aliphatic heterocycles. The normalized spacial score (nSPS) is 11.6. The van der Waals surface area contributed by atoms with Gasteiger partial charge in [0.25, 0.3) is 0 Å². The van der Waals surface area contributed by atoms with Gasteiger partial charge < -0.3 is 10.3 Å². The van der Waals surface area contributed by atoms with Crippen molar-refractivity contribution in [1.29, 1.82) is 0 Å². The number of para-hydroxylation sites is 2. The molecular weight excluding hydrogens is 720 g/mol. The molecule has 0 saturated heterocycles. The number of hydrogen-bond acceptors (Lipinski definition) is 4. The SMILES string of the molecule is Nc1ccccc1-c1c(Pc2ccccc2)sc2c1c1ccccc1n2-c1ccc(-c2cc(-c3cccc(-c4ccccc4)c3)nc(-c3ccccc3)n2)cc1. The molecule has 1 atom stereocenters. The molecule has 0 spiro atoms. The Morgan fingerprint density at radius 3 is 1.86 bits per heavy atom. The highest BCUT2D eigenvalue weighted by atomic mass is 32.1. The summed E-state index contributed by atoms with van der Waals surface area (Å²) in [4.78, 5) is 11.5. The molecule has 266 valence electrons. The molecule has 0 saturated carbocycles. The Kier molecular flexibility index (Phi) is 8.80. The van der Waals surface area contributed by atoms with E-state index in [2.05, 4.69) is 162 Å². The van der Waals surface area contributed by atoms with E-state index in [0.29, 0.717) is 14.4 Å². The Bertz CT molecular complexity index is 2990. The lowest BCUT2D eigenvalue weighted by Gasteiger charge is -2.12. The summed E-state index contributed by atoms with van der Waals surface area (Å²) in [6.07, 6.45) is 0. The molecule has 7 aromatic carbocycles. The number of anilines is 1. The molecule has 10 rings (SSSR count). The zero-order valence-corrected chi connectivity index (χ0v) is 32.1. The van der Waals surface area contributed by atoms with Crippen molar-refractivity contribution in [2.45, 2.75) is 0 Å². The van der Waals surface area contributed by atoms with Crippen LogP contribution in [0.15, 0.2) is 194 Å². The second-order valence-electron chi connectivity index (χ2n) is 13.7. The molecule has 0 bridgehead atoms. The van der Waals surface area contributed by atoms with Gasteiger partial charge in [0.15, 0.2) is 5.82 Å². The number of fused-ring (bicyclic) bond motifs is 3. The summed E-state index contributed by atoms with van der Waals surface area (Å²) < 4.78 is 3.74. The first-order valence-corrected chi connectivity index (χ1v) is 20.4. The van der Waals surface area contributed by atoms with Gasteiger partial charge in [0, 0.05) is 54.6 Å². The maximum Gasteiger partial charge on any atom is 0.160 e. The Morgan fingerprint density at radius 2 is 1.11 bits per heavy atom. The summed E-state index contributed by atoms with van der Waals surface area (Å²) in [7, 11) is 0.501. The molecule has 2 N–H and O–H groups in total. The number of rotatable bonds is 8. The predicted molar refractivity (Wildman–Crippen MR) is 240 cm³/mol. The number of benzene rings is 7. The summed E-state index contributed by atoms with van der Waals surface area (Å²) in [6.45, 7) is 0. The van der Waals surface area contributed by atoms with Crippen LogP contribution in [0.5, 0.6) is 0 Å². The molecule has 10 aromatic rings. The highest BCUT2D eigenvalue weighted by molar-refractivity contribution is 7.64. The van der Waals surface area contributed by atoms with Crippen LogP contribution >= 0.6 is 19.9 Å². The smallest absolute Gasteiger partial charge is 0.160 e. The second-order valence-corrected chi connectivity index (χ2v) is 16.4. The van der Waals surface area contributed by atoms with E-state index >= 15 is 0 Å². The number of nitrogens with zero attached hydrogens (tertiary/aromatic N) is 3. The van der Waals surface area contributed by atoms with Gasteiger partial charge in [0.2, 0.25) is 0 Å². The predicted octanol–water partition coefficient (Wildman–Crippen LogP) is 12.2. The molecule has 56 heavy (non-hydrogen) atoms. The van der Waals surface area contributed by atoms with Crippen LogP contribution in [0.3, 0.4) is 0 Å². The summed E-state index contributed by atoms with van der Waals surface area (Å²) in [6, 6.07) is 68.0. The highest BCUT2D eigenvalue weighted by Gasteiger charge is 2.24. The van der Waals surface area contributed by atoms with Gasteiger partial charge in [0.05, 0.1) is 16.9 Å². The molecule has 0 amide bonds. The van der Waals surface area contributed by atoms with Crippen molar-refractivity contribution >= 4 is 56.6 Å². The quantitative estimate of drug-likeness (QED) is 0.124. The standard InChI is InChI=1S/C50H35N4PS/c51-42-25-12-10-23-40(42)47-46-41-24-11-13-26-45(41)54(49(46)56-50(47)55-39-21-8-3-9-22-39)38-29-27-34(28-30-38)43-32-44(53-48(52-43)35-17-6-2-7-18-35)37-20-14-19-36(31-37)33-15-4-1-5-16-33/h1-32,55H,51H2. The number of aromatic nitrogens is 3. The van der Waals surface area contributed by atoms with E-state index in [1.54, 1.807) is 0 Å². The van der Waals surface area contributed by atoms with Crippen molar-refractivity contribution in [3.63, 3.8) is 0 Å². The van der Waals surface area contributed by atoms with Gasteiger partial charge in [-0.15, -0.1) is 11.3 Å². The lowest BCUT2D eigenvalue weighted by molar-refractivity contribution is 1.17. The molecule has 0 aliphatic carbocycles. The summed E-state index contributed by atoms with van der Waals surface area (Å²) in [5, 5.41) is 3.77. The van der Waals surface area contributed by atoms with Crippen LogP contribution in [0.4, 0.5) is 5.69 Å². The van der Waals surface area contributed by atoms with Gasteiger partial charge in [-0.25, -0.2) is 9.97 Å². The fourth-order valence-corrected chi connectivity index (χ4v) is 10.5. The fraction of sp³-hybridized carbons (Fsp3) is 0. The van der Waals surface area contributed by atoms with E-state index in [0.717, 1.165) is 50.6 Å². The summed E-state index contributed by atoms with van der Waals surface area (Å²) >= 11 is 1.87. The molecule has 0 fully saturated rings. The molecule has 1 unspecified atom stereocenters. The minimum Gasteiger partial charge on any atom is -0.398 e. The van der Waals surface area contributed by atoms with E-state index in [9.17, 15) is 0 Å². The van der Waals surface area contributed by atoms with Crippen LogP contribution in [0.25, 0.3) is 83.0 Å². The first-order valence-electron chi connectivity index (χ1n) is 18.6. The van der Waals surface area contributed by atoms with Crippen molar-refractivity contribution in [3.05, 3.63) is 194 Å². The minimum absolute atomic E-state index is 0.501. The van der Waals surface area contributed by atoms with Crippen molar-refractivity contribution in [2.24, 2.45) is 0 Å². The first kappa shape index (κ1) is 33.9. The maximum atomic E-state index is 6.72. The van der Waals surface area contributed by atoms with Crippen LogP contribution < -0.4 is 15.7 Å². The zero-order chi connectivity index (χ0) is 37.4. The molecule has 4 nitrogen and oxygen atoms in total. The Hall–Kier alpha value is -6.65. The largest absolute Gasteiger partial charge is 0.398 e. The number of nitrogen functional groups attached to an aromatic ring is 1. The van der Waals surface area contributed by atoms with Crippen LogP contribution in [0, 0.1) is 0 Å². The second kappa shape index (κ2) is 14.5. The minimum atomic E-state index is 0.501. The van der Waals surface area contributed by atoms with E-state index in [-0.39, 0.29) is 0 Å². The van der Waals surface area contributed by atoms with Crippen LogP contribution in [0.2, 0.25) is 0 Å². The van der Waals surface area contributed by atoms with Crippen LogP contribution in [-0.2, 0) is 0 Å². The summed E-state index contributed by atoms with van der Waals surface area (Å²) in [5.74, 6) is 0.698. The van der Waals surface area contributed by atoms with E-state index in [1.807, 2.05) is 47.7 Å². The number of nitrogens with two attached hydrogens (primary N) is 1. The molecule has 0 radical (unpaired) electrons. The number of hydrogen-bond donors (Lipinski definition) is 1. The molecule has 3 heterocycles. The first-order chi connectivity index (χ1) is 27.7. The Labute approximate surface area is 331 Å². The molecule has 0 aliphatic rings. The Morgan fingerprint density at radius 1 is 0.500 bits per heavy atom. The van der Waals surface area contributed by atoms with Gasteiger partial charge in [0.1, 0.15) is 4.83 Å². The van der Waals surface area contributed by atoms with Crippen molar-refractivity contribution < 1.29 is 0 Å². The van der Waals surface area contributed by atoms with Gasteiger partial charge in [-0.2, -0.15) is 0 Å². The third kappa shape index (κ3) is 6.27. The average Bonchev–Trinajstić information content (AvgIpc) is 3.78.